The quantitative estimate of drug-likeness (QED) is 0.730. The van der Waals surface area contributed by atoms with Crippen molar-refractivity contribution < 1.29 is 0 Å². The molecule has 0 bridgehead atoms. The van der Waals surface area contributed by atoms with Crippen molar-refractivity contribution in [3.8, 4) is 0 Å². The first kappa shape index (κ1) is 12.0. The molecule has 0 aromatic rings. The molecule has 0 heterocycles. The molecule has 1 fully saturated rings. The van der Waals surface area contributed by atoms with E-state index < -0.39 is 0 Å². The zero-order valence-electron chi connectivity index (χ0n) is 10.4. The Hall–Kier alpha value is -0.0400. The maximum absolute atomic E-state index is 6.59. The van der Waals surface area contributed by atoms with Crippen molar-refractivity contribution in [1.29, 1.82) is 0 Å². The van der Waals surface area contributed by atoms with Crippen molar-refractivity contribution in [3.63, 3.8) is 0 Å². The van der Waals surface area contributed by atoms with Crippen LogP contribution in [0.2, 0.25) is 0 Å². The van der Waals surface area contributed by atoms with Gasteiger partial charge in [0.15, 0.2) is 0 Å². The van der Waals surface area contributed by atoms with Crippen LogP contribution in [-0.2, 0) is 0 Å². The van der Waals surface area contributed by atoms with Gasteiger partial charge in [0.25, 0.3) is 0 Å². The van der Waals surface area contributed by atoms with E-state index in [0.717, 1.165) is 5.92 Å². The summed E-state index contributed by atoms with van der Waals surface area (Å²) in [5, 5.41) is 0. The molecule has 1 aliphatic rings. The Balaban J connectivity index is 2.65. The monoisotopic (exact) mass is 197 g/mol. The van der Waals surface area contributed by atoms with E-state index in [1.807, 2.05) is 0 Å². The molecule has 1 heteroatoms. The molecule has 0 amide bonds. The van der Waals surface area contributed by atoms with E-state index in [0.29, 0.717) is 5.41 Å². The van der Waals surface area contributed by atoms with Gasteiger partial charge in [-0.2, -0.15) is 0 Å². The molecule has 2 N–H and O–H groups in total. The van der Waals surface area contributed by atoms with E-state index in [9.17, 15) is 0 Å². The Morgan fingerprint density at radius 3 is 2.07 bits per heavy atom. The summed E-state index contributed by atoms with van der Waals surface area (Å²) in [4.78, 5) is 0. The van der Waals surface area contributed by atoms with Crippen molar-refractivity contribution in [1.82, 2.24) is 0 Å². The predicted octanol–water partition coefficient (Wildman–Crippen LogP) is 3.72. The molecule has 0 radical (unpaired) electrons. The molecule has 0 aromatic carbocycles. The first-order valence-electron chi connectivity index (χ1n) is 6.24. The SMILES string of the molecule is CCC(CC)CC1(N)CCCC1(C)C. The number of nitrogens with two attached hydrogens (primary N) is 1. The van der Waals surface area contributed by atoms with Crippen molar-refractivity contribution >= 4 is 0 Å². The Morgan fingerprint density at radius 2 is 1.71 bits per heavy atom. The third-order valence-electron chi connectivity index (χ3n) is 4.58. The van der Waals surface area contributed by atoms with Gasteiger partial charge in [-0.25, -0.2) is 0 Å². The molecule has 1 saturated carbocycles. The van der Waals surface area contributed by atoms with Gasteiger partial charge in [-0.15, -0.1) is 0 Å². The molecule has 84 valence electrons. The lowest BCUT2D eigenvalue weighted by atomic mass is 9.70. The highest BCUT2D eigenvalue weighted by Gasteiger charge is 2.46. The summed E-state index contributed by atoms with van der Waals surface area (Å²) in [6.45, 7) is 9.28. The Kier molecular flexibility index (Phi) is 3.63. The van der Waals surface area contributed by atoms with Gasteiger partial charge in [0.05, 0.1) is 0 Å². The average molecular weight is 197 g/mol. The van der Waals surface area contributed by atoms with Gasteiger partial charge in [0.2, 0.25) is 0 Å². The van der Waals surface area contributed by atoms with Crippen LogP contribution in [-0.4, -0.2) is 5.54 Å². The number of rotatable bonds is 4. The fraction of sp³-hybridized carbons (Fsp3) is 1.00. The van der Waals surface area contributed by atoms with Gasteiger partial charge < -0.3 is 5.73 Å². The highest BCUT2D eigenvalue weighted by atomic mass is 14.8. The van der Waals surface area contributed by atoms with Crippen LogP contribution in [0.3, 0.4) is 0 Å². The van der Waals surface area contributed by atoms with E-state index in [4.69, 9.17) is 5.73 Å². The van der Waals surface area contributed by atoms with E-state index >= 15 is 0 Å². The topological polar surface area (TPSA) is 26.0 Å². The summed E-state index contributed by atoms with van der Waals surface area (Å²) < 4.78 is 0. The second kappa shape index (κ2) is 4.22. The van der Waals surface area contributed by atoms with E-state index in [1.165, 1.54) is 38.5 Å². The normalized spacial score (nSPS) is 31.3. The van der Waals surface area contributed by atoms with Crippen LogP contribution in [0.15, 0.2) is 0 Å². The molecule has 0 saturated heterocycles. The highest BCUT2D eigenvalue weighted by molar-refractivity contribution is 5.03. The smallest absolute Gasteiger partial charge is 0.0208 e. The molecule has 1 aliphatic carbocycles. The van der Waals surface area contributed by atoms with Crippen molar-refractivity contribution in [2.75, 3.05) is 0 Å². The number of hydrogen-bond donors (Lipinski definition) is 1. The molecular weight excluding hydrogens is 170 g/mol. The second-order valence-electron chi connectivity index (χ2n) is 5.78. The summed E-state index contributed by atoms with van der Waals surface area (Å²) in [6, 6.07) is 0. The lowest BCUT2D eigenvalue weighted by Gasteiger charge is -2.40. The molecule has 0 aliphatic heterocycles. The van der Waals surface area contributed by atoms with Crippen LogP contribution in [0.5, 0.6) is 0 Å². The summed E-state index contributed by atoms with van der Waals surface area (Å²) in [7, 11) is 0. The minimum atomic E-state index is 0.115. The van der Waals surface area contributed by atoms with Crippen molar-refractivity contribution in [3.05, 3.63) is 0 Å². The Labute approximate surface area is 89.5 Å². The molecule has 0 aromatic heterocycles. The van der Waals surface area contributed by atoms with Gasteiger partial charge in [-0.05, 0) is 30.6 Å². The first-order chi connectivity index (χ1) is 6.45. The van der Waals surface area contributed by atoms with Crippen molar-refractivity contribution in [2.45, 2.75) is 71.8 Å². The molecule has 0 spiro atoms. The van der Waals surface area contributed by atoms with Gasteiger partial charge in [-0.3, -0.25) is 0 Å². The fourth-order valence-electron chi connectivity index (χ4n) is 2.90. The van der Waals surface area contributed by atoms with Crippen LogP contribution in [0, 0.1) is 11.3 Å². The van der Waals surface area contributed by atoms with Crippen molar-refractivity contribution in [2.24, 2.45) is 17.1 Å². The molecule has 14 heavy (non-hydrogen) atoms. The van der Waals surface area contributed by atoms with E-state index in [2.05, 4.69) is 27.7 Å². The van der Waals surface area contributed by atoms with Crippen LogP contribution in [0.1, 0.15) is 66.2 Å². The minimum Gasteiger partial charge on any atom is -0.325 e. The number of hydrogen-bond acceptors (Lipinski definition) is 1. The van der Waals surface area contributed by atoms with Gasteiger partial charge in [0, 0.05) is 5.54 Å². The lowest BCUT2D eigenvalue weighted by molar-refractivity contribution is 0.163. The Bertz CT molecular complexity index is 182. The largest absolute Gasteiger partial charge is 0.325 e. The first-order valence-corrected chi connectivity index (χ1v) is 6.24. The van der Waals surface area contributed by atoms with E-state index in [-0.39, 0.29) is 5.54 Å². The zero-order valence-corrected chi connectivity index (χ0v) is 10.4. The lowest BCUT2D eigenvalue weighted by Crippen LogP contribution is -2.50. The van der Waals surface area contributed by atoms with Crippen LogP contribution in [0.25, 0.3) is 0 Å². The molecular formula is C13H27N. The maximum atomic E-state index is 6.59. The molecule has 1 atom stereocenters. The van der Waals surface area contributed by atoms with Crippen LogP contribution < -0.4 is 5.73 Å². The summed E-state index contributed by atoms with van der Waals surface area (Å²) >= 11 is 0. The average Bonchev–Trinajstić information content (AvgIpc) is 2.38. The fourth-order valence-corrected chi connectivity index (χ4v) is 2.90. The molecule has 1 unspecified atom stereocenters. The predicted molar refractivity (Wildman–Crippen MR) is 63.2 cm³/mol. The summed E-state index contributed by atoms with van der Waals surface area (Å²) in [6.07, 6.45) is 7.66. The standard InChI is InChI=1S/C13H27N/c1-5-11(6-2)10-13(14)9-7-8-12(13,3)4/h11H,5-10,14H2,1-4H3. The van der Waals surface area contributed by atoms with Gasteiger partial charge in [-0.1, -0.05) is 47.0 Å². The van der Waals surface area contributed by atoms with Crippen LogP contribution >= 0.6 is 0 Å². The Morgan fingerprint density at radius 1 is 1.14 bits per heavy atom. The molecule has 1 rings (SSSR count). The minimum absolute atomic E-state index is 0.115. The summed E-state index contributed by atoms with van der Waals surface area (Å²) in [5.74, 6) is 0.831. The van der Waals surface area contributed by atoms with Crippen LogP contribution in [0.4, 0.5) is 0 Å². The third kappa shape index (κ3) is 2.13. The highest BCUT2D eigenvalue weighted by Crippen LogP contribution is 2.47. The van der Waals surface area contributed by atoms with Gasteiger partial charge >= 0.3 is 0 Å². The molecule has 1 nitrogen and oxygen atoms in total. The second-order valence-corrected chi connectivity index (χ2v) is 5.78. The maximum Gasteiger partial charge on any atom is 0.0208 e. The van der Waals surface area contributed by atoms with Gasteiger partial charge in [0.1, 0.15) is 0 Å². The van der Waals surface area contributed by atoms with E-state index in [1.54, 1.807) is 0 Å². The summed E-state index contributed by atoms with van der Waals surface area (Å²) in [5.41, 5.74) is 7.06. The zero-order chi connectivity index (χ0) is 10.8. The third-order valence-corrected chi connectivity index (χ3v) is 4.58.